The van der Waals surface area contributed by atoms with E-state index in [1.54, 1.807) is 12.4 Å². The van der Waals surface area contributed by atoms with Crippen molar-refractivity contribution in [1.82, 2.24) is 10.3 Å². The van der Waals surface area contributed by atoms with Gasteiger partial charge in [-0.05, 0) is 37.3 Å². The number of carbonyl (C=O) groups excluding carboxylic acids is 1. The second-order valence-corrected chi connectivity index (χ2v) is 5.76. The van der Waals surface area contributed by atoms with Crippen LogP contribution in [0.5, 0.6) is 0 Å². The molecule has 2 rings (SSSR count). The summed E-state index contributed by atoms with van der Waals surface area (Å²) >= 11 is 0. The molecule has 0 saturated heterocycles. The zero-order valence-corrected chi connectivity index (χ0v) is 12.2. The van der Waals surface area contributed by atoms with Gasteiger partial charge in [0.2, 0.25) is 5.91 Å². The molecule has 0 aromatic carbocycles. The van der Waals surface area contributed by atoms with Crippen LogP contribution < -0.4 is 11.1 Å². The van der Waals surface area contributed by atoms with Gasteiger partial charge < -0.3 is 11.1 Å². The molecule has 2 unspecified atom stereocenters. The number of rotatable bonds is 5. The van der Waals surface area contributed by atoms with Crippen LogP contribution in [0.1, 0.15) is 50.5 Å². The maximum absolute atomic E-state index is 12.4. The first-order valence-corrected chi connectivity index (χ1v) is 7.62. The number of nitrogens with one attached hydrogen (secondary N) is 1. The van der Waals surface area contributed by atoms with Gasteiger partial charge in [-0.1, -0.05) is 25.3 Å². The Labute approximate surface area is 121 Å². The van der Waals surface area contributed by atoms with Crippen molar-refractivity contribution in [3.63, 3.8) is 0 Å². The van der Waals surface area contributed by atoms with Crippen molar-refractivity contribution in [3.8, 4) is 0 Å². The summed E-state index contributed by atoms with van der Waals surface area (Å²) in [7, 11) is 0. The molecule has 1 aromatic rings. The van der Waals surface area contributed by atoms with Crippen LogP contribution in [0.4, 0.5) is 0 Å². The number of hydrogen-bond acceptors (Lipinski definition) is 3. The van der Waals surface area contributed by atoms with Crippen molar-refractivity contribution in [2.24, 2.45) is 11.7 Å². The van der Waals surface area contributed by atoms with E-state index in [2.05, 4.69) is 10.3 Å². The largest absolute Gasteiger partial charge is 0.351 e. The van der Waals surface area contributed by atoms with Gasteiger partial charge >= 0.3 is 0 Å². The van der Waals surface area contributed by atoms with Crippen molar-refractivity contribution >= 4 is 5.91 Å². The number of nitrogens with two attached hydrogens (primary N) is 1. The Morgan fingerprint density at radius 1 is 1.45 bits per heavy atom. The molecule has 0 spiro atoms. The van der Waals surface area contributed by atoms with Crippen molar-refractivity contribution in [1.29, 1.82) is 0 Å². The summed E-state index contributed by atoms with van der Waals surface area (Å²) in [5.41, 5.74) is 6.81. The van der Waals surface area contributed by atoms with Crippen LogP contribution in [0.2, 0.25) is 0 Å². The topological polar surface area (TPSA) is 68.0 Å². The van der Waals surface area contributed by atoms with Crippen LogP contribution in [0.15, 0.2) is 24.5 Å². The molecule has 1 aliphatic rings. The second kappa shape index (κ2) is 7.39. The van der Waals surface area contributed by atoms with E-state index >= 15 is 0 Å². The minimum atomic E-state index is -0.179. The molecule has 1 aliphatic carbocycles. The van der Waals surface area contributed by atoms with Crippen molar-refractivity contribution in [2.75, 3.05) is 6.54 Å². The summed E-state index contributed by atoms with van der Waals surface area (Å²) in [5, 5.41) is 3.14. The summed E-state index contributed by atoms with van der Waals surface area (Å²) in [5.74, 6) is 0.416. The summed E-state index contributed by atoms with van der Waals surface area (Å²) < 4.78 is 0. The molecule has 1 aromatic heterocycles. The highest BCUT2D eigenvalue weighted by molar-refractivity contribution is 5.83. The fourth-order valence-electron chi connectivity index (χ4n) is 3.00. The summed E-state index contributed by atoms with van der Waals surface area (Å²) in [6.07, 6.45) is 9.67. The van der Waals surface area contributed by atoms with E-state index in [9.17, 15) is 4.79 Å². The van der Waals surface area contributed by atoms with Crippen LogP contribution in [0.3, 0.4) is 0 Å². The Kier molecular flexibility index (Phi) is 5.53. The van der Waals surface area contributed by atoms with E-state index in [0.717, 1.165) is 5.56 Å². The van der Waals surface area contributed by atoms with Crippen molar-refractivity contribution in [2.45, 2.75) is 51.0 Å². The molecule has 1 amide bonds. The van der Waals surface area contributed by atoms with Crippen LogP contribution in [-0.2, 0) is 4.79 Å². The lowest BCUT2D eigenvalue weighted by atomic mass is 9.83. The fraction of sp³-hybridized carbons (Fsp3) is 0.625. The number of amides is 1. The lowest BCUT2D eigenvalue weighted by molar-refractivity contribution is -0.123. The third-order valence-corrected chi connectivity index (χ3v) is 4.38. The summed E-state index contributed by atoms with van der Waals surface area (Å²) in [6, 6.07) is 3.91. The van der Waals surface area contributed by atoms with Gasteiger partial charge in [-0.3, -0.25) is 9.78 Å². The average Bonchev–Trinajstić information content (AvgIpc) is 2.53. The third kappa shape index (κ3) is 3.79. The maximum Gasteiger partial charge on any atom is 0.227 e. The first-order chi connectivity index (χ1) is 9.72. The zero-order valence-electron chi connectivity index (χ0n) is 12.2. The smallest absolute Gasteiger partial charge is 0.227 e. The Morgan fingerprint density at radius 3 is 2.80 bits per heavy atom. The van der Waals surface area contributed by atoms with Gasteiger partial charge in [0.15, 0.2) is 0 Å². The third-order valence-electron chi connectivity index (χ3n) is 4.38. The Morgan fingerprint density at radius 2 is 2.20 bits per heavy atom. The van der Waals surface area contributed by atoms with Crippen LogP contribution in [-0.4, -0.2) is 23.5 Å². The highest BCUT2D eigenvalue weighted by Gasteiger charge is 2.26. The first-order valence-electron chi connectivity index (χ1n) is 7.62. The second-order valence-electron chi connectivity index (χ2n) is 5.76. The van der Waals surface area contributed by atoms with Crippen molar-refractivity contribution < 1.29 is 4.79 Å². The molecule has 110 valence electrons. The monoisotopic (exact) mass is 275 g/mol. The number of hydrogen-bond donors (Lipinski definition) is 2. The van der Waals surface area contributed by atoms with Crippen LogP contribution in [0, 0.1) is 5.92 Å². The average molecular weight is 275 g/mol. The molecule has 4 nitrogen and oxygen atoms in total. The lowest BCUT2D eigenvalue weighted by Crippen LogP contribution is -2.47. The predicted octanol–water partition coefficient (Wildman–Crippen LogP) is 2.21. The van der Waals surface area contributed by atoms with Gasteiger partial charge in [0.1, 0.15) is 0 Å². The molecule has 1 saturated carbocycles. The predicted molar refractivity (Wildman–Crippen MR) is 80.2 cm³/mol. The van der Waals surface area contributed by atoms with E-state index in [1.807, 2.05) is 19.1 Å². The molecule has 2 atom stereocenters. The molecule has 1 heterocycles. The molecule has 1 fully saturated rings. The Hall–Kier alpha value is -1.42. The van der Waals surface area contributed by atoms with Gasteiger partial charge in [0.05, 0.1) is 5.92 Å². The molecule has 4 heteroatoms. The van der Waals surface area contributed by atoms with Crippen LogP contribution in [0.25, 0.3) is 0 Å². The van der Waals surface area contributed by atoms with E-state index in [4.69, 9.17) is 5.73 Å². The van der Waals surface area contributed by atoms with Gasteiger partial charge in [-0.15, -0.1) is 0 Å². The molecule has 0 aliphatic heterocycles. The molecule has 0 bridgehead atoms. The highest BCUT2D eigenvalue weighted by Crippen LogP contribution is 2.26. The number of pyridine rings is 1. The zero-order chi connectivity index (χ0) is 14.4. The molecule has 20 heavy (non-hydrogen) atoms. The van der Waals surface area contributed by atoms with Gasteiger partial charge in [0.25, 0.3) is 0 Å². The maximum atomic E-state index is 12.4. The van der Waals surface area contributed by atoms with Crippen LogP contribution >= 0.6 is 0 Å². The van der Waals surface area contributed by atoms with E-state index < -0.39 is 0 Å². The van der Waals surface area contributed by atoms with E-state index in [-0.39, 0.29) is 17.9 Å². The SMILES string of the molecule is CC(C(=O)NC(CN)C1CCCCC1)c1cccnc1. The standard InChI is InChI=1S/C16H25N3O/c1-12(14-8-5-9-18-11-14)16(20)19-15(10-17)13-6-3-2-4-7-13/h5,8-9,11-13,15H,2-4,6-7,10,17H2,1H3,(H,19,20). The Balaban J connectivity index is 1.94. The first kappa shape index (κ1) is 15.0. The number of aromatic nitrogens is 1. The summed E-state index contributed by atoms with van der Waals surface area (Å²) in [6.45, 7) is 2.44. The lowest BCUT2D eigenvalue weighted by Gasteiger charge is -2.30. The quantitative estimate of drug-likeness (QED) is 0.865. The van der Waals surface area contributed by atoms with E-state index in [1.165, 1.54) is 32.1 Å². The van der Waals surface area contributed by atoms with Gasteiger partial charge in [-0.25, -0.2) is 0 Å². The Bertz CT molecular complexity index is 415. The number of carbonyl (C=O) groups is 1. The van der Waals surface area contributed by atoms with Crippen molar-refractivity contribution in [3.05, 3.63) is 30.1 Å². The van der Waals surface area contributed by atoms with E-state index in [0.29, 0.717) is 12.5 Å². The molecular weight excluding hydrogens is 250 g/mol. The fourth-order valence-corrected chi connectivity index (χ4v) is 3.00. The minimum Gasteiger partial charge on any atom is -0.351 e. The normalized spacial score (nSPS) is 19.3. The highest BCUT2D eigenvalue weighted by atomic mass is 16.1. The molecule has 3 N–H and O–H groups in total. The molecular formula is C16H25N3O. The van der Waals surface area contributed by atoms with Gasteiger partial charge in [-0.2, -0.15) is 0 Å². The van der Waals surface area contributed by atoms with Gasteiger partial charge in [0, 0.05) is 25.0 Å². The molecule has 0 radical (unpaired) electrons. The number of nitrogens with zero attached hydrogens (tertiary/aromatic N) is 1. The summed E-state index contributed by atoms with van der Waals surface area (Å²) in [4.78, 5) is 16.4. The minimum absolute atomic E-state index is 0.0547.